The van der Waals surface area contributed by atoms with E-state index in [0.717, 1.165) is 50.9 Å². The molecule has 2 N–H and O–H groups in total. The van der Waals surface area contributed by atoms with Gasteiger partial charge in [0.15, 0.2) is 5.96 Å². The third-order valence-corrected chi connectivity index (χ3v) is 2.86. The average Bonchev–Trinajstić information content (AvgIpc) is 2.90. The Bertz CT molecular complexity index is 421. The molecule has 0 saturated carbocycles. The molecule has 0 saturated heterocycles. The Hall–Kier alpha value is -0.900. The Morgan fingerprint density at radius 2 is 2.23 bits per heavy atom. The highest BCUT2D eigenvalue weighted by Crippen LogP contribution is 1.94. The fraction of sp³-hybridized carbons (Fsp3) is 0.786. The number of hydrogen-bond acceptors (Lipinski definition) is 4. The first-order chi connectivity index (χ1) is 10.2. The lowest BCUT2D eigenvalue weighted by Gasteiger charge is -2.15. The number of hydrogen-bond donors (Lipinski definition) is 2. The summed E-state index contributed by atoms with van der Waals surface area (Å²) in [6.07, 6.45) is 3.58. The molecule has 0 atom stereocenters. The van der Waals surface area contributed by atoms with E-state index in [4.69, 9.17) is 4.74 Å². The number of aromatic nitrogens is 3. The monoisotopic (exact) mass is 424 g/mol. The molecule has 1 aromatic rings. The van der Waals surface area contributed by atoms with Crippen LogP contribution in [0, 0.1) is 0 Å². The summed E-state index contributed by atoms with van der Waals surface area (Å²) in [6, 6.07) is 0.347. The summed E-state index contributed by atoms with van der Waals surface area (Å²) >= 11 is 0. The zero-order valence-corrected chi connectivity index (χ0v) is 16.3. The van der Waals surface area contributed by atoms with E-state index in [1.165, 1.54) is 0 Å². The van der Waals surface area contributed by atoms with Gasteiger partial charge in [-0.15, -0.1) is 34.2 Å². The first-order valence-corrected chi connectivity index (χ1v) is 7.57. The van der Waals surface area contributed by atoms with Crippen molar-refractivity contribution >= 4 is 29.9 Å². The van der Waals surface area contributed by atoms with Crippen molar-refractivity contribution in [1.29, 1.82) is 0 Å². The Morgan fingerprint density at radius 3 is 2.86 bits per heavy atom. The maximum atomic E-state index is 5.03. The molecule has 22 heavy (non-hydrogen) atoms. The molecule has 0 radical (unpaired) electrons. The largest absolute Gasteiger partial charge is 0.385 e. The van der Waals surface area contributed by atoms with E-state index >= 15 is 0 Å². The summed E-state index contributed by atoms with van der Waals surface area (Å²) in [5, 5.41) is 14.7. The summed E-state index contributed by atoms with van der Waals surface area (Å²) in [6.45, 7) is 9.38. The molecule has 0 unspecified atom stereocenters. The van der Waals surface area contributed by atoms with Gasteiger partial charge >= 0.3 is 0 Å². The van der Waals surface area contributed by atoms with E-state index in [1.807, 2.05) is 0 Å². The molecule has 0 aromatic carbocycles. The molecule has 1 aromatic heterocycles. The summed E-state index contributed by atoms with van der Waals surface area (Å²) in [7, 11) is 1.71. The number of nitrogens with one attached hydrogen (secondary N) is 2. The number of aryl methyl sites for hydroxylation is 1. The predicted octanol–water partition coefficient (Wildman–Crippen LogP) is 1.44. The fourth-order valence-corrected chi connectivity index (χ4v) is 1.86. The minimum atomic E-state index is 0. The third kappa shape index (κ3) is 8.52. The van der Waals surface area contributed by atoms with Crippen LogP contribution in [0.25, 0.3) is 0 Å². The van der Waals surface area contributed by atoms with Crippen LogP contribution in [0.15, 0.2) is 11.3 Å². The minimum Gasteiger partial charge on any atom is -0.385 e. The van der Waals surface area contributed by atoms with Crippen molar-refractivity contribution in [3.8, 4) is 0 Å². The number of halogens is 1. The molecule has 8 heteroatoms. The van der Waals surface area contributed by atoms with E-state index < -0.39 is 0 Å². The second kappa shape index (κ2) is 12.6. The normalized spacial score (nSPS) is 11.4. The summed E-state index contributed by atoms with van der Waals surface area (Å²) in [5.74, 6) is 1.85. The molecule has 0 bridgehead atoms. The van der Waals surface area contributed by atoms with Crippen LogP contribution >= 0.6 is 24.0 Å². The van der Waals surface area contributed by atoms with E-state index in [-0.39, 0.29) is 24.0 Å². The first kappa shape index (κ1) is 21.1. The highest BCUT2D eigenvalue weighted by Gasteiger charge is 2.03. The number of guanidine groups is 1. The molecule has 1 rings (SSSR count). The summed E-state index contributed by atoms with van der Waals surface area (Å²) < 4.78 is 7.09. The van der Waals surface area contributed by atoms with Crippen LogP contribution in [0.1, 0.15) is 33.0 Å². The molecular formula is C14H29IN6O. The van der Waals surface area contributed by atoms with E-state index in [9.17, 15) is 0 Å². The summed E-state index contributed by atoms with van der Waals surface area (Å²) in [5.41, 5.74) is 0. The molecule has 0 aliphatic rings. The van der Waals surface area contributed by atoms with Gasteiger partial charge in [0, 0.05) is 45.8 Å². The van der Waals surface area contributed by atoms with Gasteiger partial charge in [-0.3, -0.25) is 4.99 Å². The third-order valence-electron chi connectivity index (χ3n) is 2.86. The number of methoxy groups -OCH3 is 1. The quantitative estimate of drug-likeness (QED) is 0.272. The second-order valence-corrected chi connectivity index (χ2v) is 5.10. The molecule has 0 aliphatic carbocycles. The van der Waals surface area contributed by atoms with Crippen LogP contribution < -0.4 is 10.6 Å². The number of aliphatic imine (C=N–C) groups is 1. The lowest BCUT2D eigenvalue weighted by Crippen LogP contribution is -2.42. The van der Waals surface area contributed by atoms with Crippen molar-refractivity contribution in [2.24, 2.45) is 4.99 Å². The van der Waals surface area contributed by atoms with Crippen molar-refractivity contribution in [2.75, 3.05) is 26.8 Å². The topological polar surface area (TPSA) is 76.4 Å². The molecular weight excluding hydrogens is 395 g/mol. The Balaban J connectivity index is 0.00000441. The Kier molecular flexibility index (Phi) is 12.1. The van der Waals surface area contributed by atoms with E-state index in [0.29, 0.717) is 6.04 Å². The lowest BCUT2D eigenvalue weighted by molar-refractivity contribution is 0.197. The predicted molar refractivity (Wildman–Crippen MR) is 99.9 cm³/mol. The highest BCUT2D eigenvalue weighted by atomic mass is 127. The van der Waals surface area contributed by atoms with Crippen molar-refractivity contribution < 1.29 is 4.74 Å². The van der Waals surface area contributed by atoms with Crippen molar-refractivity contribution in [2.45, 2.75) is 46.2 Å². The van der Waals surface area contributed by atoms with Crippen LogP contribution in [0.3, 0.4) is 0 Å². The van der Waals surface area contributed by atoms with Crippen LogP contribution in [0.2, 0.25) is 0 Å². The van der Waals surface area contributed by atoms with Gasteiger partial charge in [0.1, 0.15) is 12.2 Å². The standard InChI is InChI=1S/C14H28N6O.HI/c1-5-13-19-17-11-20(13)9-8-16-14(18-12(2)3)15-7-6-10-21-4;/h11-12H,5-10H2,1-4H3,(H2,15,16,18);1H. The van der Waals surface area contributed by atoms with Crippen LogP contribution in [0.5, 0.6) is 0 Å². The van der Waals surface area contributed by atoms with Gasteiger partial charge in [0.05, 0.1) is 0 Å². The van der Waals surface area contributed by atoms with Gasteiger partial charge in [-0.2, -0.15) is 0 Å². The van der Waals surface area contributed by atoms with Crippen LogP contribution in [-0.4, -0.2) is 53.6 Å². The van der Waals surface area contributed by atoms with Gasteiger partial charge in [0.25, 0.3) is 0 Å². The van der Waals surface area contributed by atoms with Crippen molar-refractivity contribution in [1.82, 2.24) is 25.4 Å². The smallest absolute Gasteiger partial charge is 0.191 e. The van der Waals surface area contributed by atoms with Gasteiger partial charge in [-0.05, 0) is 20.3 Å². The van der Waals surface area contributed by atoms with Crippen LogP contribution in [0.4, 0.5) is 0 Å². The van der Waals surface area contributed by atoms with Gasteiger partial charge in [-0.1, -0.05) is 6.92 Å². The SMILES string of the molecule is CCc1nncn1CCNC(=NCCCOC)NC(C)C.I. The Labute approximate surface area is 150 Å². The highest BCUT2D eigenvalue weighted by molar-refractivity contribution is 14.0. The maximum Gasteiger partial charge on any atom is 0.191 e. The zero-order valence-electron chi connectivity index (χ0n) is 14.0. The molecule has 0 spiro atoms. The minimum absolute atomic E-state index is 0. The van der Waals surface area contributed by atoms with Crippen LogP contribution in [-0.2, 0) is 17.7 Å². The second-order valence-electron chi connectivity index (χ2n) is 5.10. The molecule has 7 nitrogen and oxygen atoms in total. The van der Waals surface area contributed by atoms with Crippen molar-refractivity contribution in [3.63, 3.8) is 0 Å². The molecule has 0 amide bonds. The molecule has 128 valence electrons. The maximum absolute atomic E-state index is 5.03. The van der Waals surface area contributed by atoms with Gasteiger partial charge in [-0.25, -0.2) is 0 Å². The number of ether oxygens (including phenoxy) is 1. The molecule has 1 heterocycles. The van der Waals surface area contributed by atoms with E-state index in [1.54, 1.807) is 13.4 Å². The number of nitrogens with zero attached hydrogens (tertiary/aromatic N) is 4. The molecule has 0 fully saturated rings. The fourth-order valence-electron chi connectivity index (χ4n) is 1.86. The lowest BCUT2D eigenvalue weighted by atomic mass is 10.4. The molecule has 0 aliphatic heterocycles. The first-order valence-electron chi connectivity index (χ1n) is 7.57. The zero-order chi connectivity index (χ0) is 15.5. The van der Waals surface area contributed by atoms with E-state index in [2.05, 4.69) is 51.2 Å². The van der Waals surface area contributed by atoms with Gasteiger partial charge < -0.3 is 19.9 Å². The summed E-state index contributed by atoms with van der Waals surface area (Å²) in [4.78, 5) is 4.54. The average molecular weight is 424 g/mol. The van der Waals surface area contributed by atoms with Crippen molar-refractivity contribution in [3.05, 3.63) is 12.2 Å². The Morgan fingerprint density at radius 1 is 1.45 bits per heavy atom. The van der Waals surface area contributed by atoms with Gasteiger partial charge in [0.2, 0.25) is 0 Å². The number of rotatable bonds is 9.